The third-order valence-corrected chi connectivity index (χ3v) is 1.88. The Balaban J connectivity index is 2.95. The Labute approximate surface area is 84.7 Å². The molecule has 0 aliphatic rings. The van der Waals surface area contributed by atoms with Gasteiger partial charge in [-0.2, -0.15) is 13.2 Å². The molecule has 1 nitrogen and oxygen atoms in total. The van der Waals surface area contributed by atoms with E-state index in [9.17, 15) is 17.6 Å². The van der Waals surface area contributed by atoms with Gasteiger partial charge in [-0.25, -0.2) is 4.39 Å². The highest BCUT2D eigenvalue weighted by molar-refractivity contribution is 5.26. The van der Waals surface area contributed by atoms with Crippen molar-refractivity contribution in [3.8, 4) is 0 Å². The van der Waals surface area contributed by atoms with Crippen molar-refractivity contribution in [1.29, 1.82) is 0 Å². The van der Waals surface area contributed by atoms with Crippen molar-refractivity contribution < 1.29 is 22.3 Å². The molecule has 0 atom stereocenters. The first-order valence-corrected chi connectivity index (χ1v) is 4.29. The first kappa shape index (κ1) is 12.0. The summed E-state index contributed by atoms with van der Waals surface area (Å²) in [6.45, 7) is 0.265. The summed E-state index contributed by atoms with van der Waals surface area (Å²) in [5, 5.41) is 0. The van der Waals surface area contributed by atoms with E-state index in [2.05, 4.69) is 0 Å². The largest absolute Gasteiger partial charge is 0.416 e. The Hall–Kier alpha value is -1.10. The molecule has 0 aliphatic carbocycles. The Morgan fingerprint density at radius 2 is 1.87 bits per heavy atom. The molecule has 1 aromatic rings. The molecule has 0 saturated heterocycles. The third-order valence-electron chi connectivity index (χ3n) is 1.88. The van der Waals surface area contributed by atoms with Gasteiger partial charge in [0.05, 0.1) is 12.2 Å². The van der Waals surface area contributed by atoms with Crippen LogP contribution in [0.5, 0.6) is 0 Å². The van der Waals surface area contributed by atoms with Crippen LogP contribution in [0.2, 0.25) is 0 Å². The molecule has 15 heavy (non-hydrogen) atoms. The number of alkyl halides is 3. The Morgan fingerprint density at radius 1 is 1.20 bits per heavy atom. The number of rotatable bonds is 3. The molecule has 0 bridgehead atoms. The van der Waals surface area contributed by atoms with Crippen LogP contribution in [0.25, 0.3) is 0 Å². The van der Waals surface area contributed by atoms with Crippen LogP contribution in [0.4, 0.5) is 17.6 Å². The van der Waals surface area contributed by atoms with Gasteiger partial charge in [0, 0.05) is 7.11 Å². The standard InChI is InChI=1S/C10H10F4O/c1-15-3-2-7-4-8(10(12,13)14)6-9(11)5-7/h4-6H,2-3H2,1H3. The third kappa shape index (κ3) is 3.51. The van der Waals surface area contributed by atoms with Gasteiger partial charge in [0.15, 0.2) is 0 Å². The quantitative estimate of drug-likeness (QED) is 0.714. The van der Waals surface area contributed by atoms with Crippen LogP contribution in [-0.4, -0.2) is 13.7 Å². The number of hydrogen-bond acceptors (Lipinski definition) is 1. The lowest BCUT2D eigenvalue weighted by atomic mass is 10.1. The molecule has 0 N–H and O–H groups in total. The number of benzene rings is 1. The lowest BCUT2D eigenvalue weighted by molar-refractivity contribution is -0.137. The maximum Gasteiger partial charge on any atom is 0.416 e. The van der Waals surface area contributed by atoms with E-state index < -0.39 is 17.6 Å². The molecule has 0 amide bonds. The van der Waals surface area contributed by atoms with Gasteiger partial charge in [0.25, 0.3) is 0 Å². The van der Waals surface area contributed by atoms with Crippen molar-refractivity contribution in [3.63, 3.8) is 0 Å². The minimum atomic E-state index is -4.51. The molecule has 5 heteroatoms. The molecule has 1 rings (SSSR count). The van der Waals surface area contributed by atoms with Crippen molar-refractivity contribution in [1.82, 2.24) is 0 Å². The van der Waals surface area contributed by atoms with Gasteiger partial charge >= 0.3 is 6.18 Å². The van der Waals surface area contributed by atoms with Crippen molar-refractivity contribution in [2.24, 2.45) is 0 Å². The molecule has 84 valence electrons. The second-order valence-corrected chi connectivity index (χ2v) is 3.09. The monoisotopic (exact) mass is 222 g/mol. The van der Waals surface area contributed by atoms with Crippen LogP contribution in [-0.2, 0) is 17.3 Å². The molecule has 0 unspecified atom stereocenters. The Morgan fingerprint density at radius 3 is 2.40 bits per heavy atom. The van der Waals surface area contributed by atoms with Gasteiger partial charge < -0.3 is 4.74 Å². The highest BCUT2D eigenvalue weighted by atomic mass is 19.4. The van der Waals surface area contributed by atoms with Gasteiger partial charge in [-0.05, 0) is 30.2 Å². The molecule has 0 aliphatic heterocycles. The lowest BCUT2D eigenvalue weighted by Gasteiger charge is -2.09. The highest BCUT2D eigenvalue weighted by Gasteiger charge is 2.31. The number of hydrogen-bond donors (Lipinski definition) is 0. The van der Waals surface area contributed by atoms with E-state index in [1.54, 1.807) is 0 Å². The predicted octanol–water partition coefficient (Wildman–Crippen LogP) is 3.03. The maximum absolute atomic E-state index is 12.8. The van der Waals surface area contributed by atoms with Gasteiger partial charge in [-0.1, -0.05) is 0 Å². The van der Waals surface area contributed by atoms with Crippen molar-refractivity contribution in [3.05, 3.63) is 35.1 Å². The van der Waals surface area contributed by atoms with E-state index in [1.807, 2.05) is 0 Å². The Kier molecular flexibility index (Phi) is 3.68. The average molecular weight is 222 g/mol. The predicted molar refractivity (Wildman–Crippen MR) is 47.0 cm³/mol. The van der Waals surface area contributed by atoms with Crippen LogP contribution >= 0.6 is 0 Å². The first-order valence-electron chi connectivity index (χ1n) is 4.29. The summed E-state index contributed by atoms with van der Waals surface area (Å²) < 4.78 is 54.4. The minimum Gasteiger partial charge on any atom is -0.384 e. The summed E-state index contributed by atoms with van der Waals surface area (Å²) in [4.78, 5) is 0. The average Bonchev–Trinajstić information content (AvgIpc) is 2.12. The summed E-state index contributed by atoms with van der Waals surface area (Å²) in [5.41, 5.74) is -0.683. The zero-order valence-electron chi connectivity index (χ0n) is 8.07. The molecule has 0 spiro atoms. The van der Waals surface area contributed by atoms with Gasteiger partial charge in [-0.3, -0.25) is 0 Å². The number of halogens is 4. The van der Waals surface area contributed by atoms with E-state index in [0.29, 0.717) is 6.07 Å². The molecule has 0 aromatic heterocycles. The molecule has 0 saturated carbocycles. The van der Waals surface area contributed by atoms with Crippen molar-refractivity contribution in [2.75, 3.05) is 13.7 Å². The fraction of sp³-hybridized carbons (Fsp3) is 0.400. The van der Waals surface area contributed by atoms with Crippen LogP contribution in [0, 0.1) is 5.82 Å². The van der Waals surface area contributed by atoms with Crippen LogP contribution in [0.1, 0.15) is 11.1 Å². The van der Waals surface area contributed by atoms with Crippen molar-refractivity contribution in [2.45, 2.75) is 12.6 Å². The van der Waals surface area contributed by atoms with Crippen LogP contribution in [0.15, 0.2) is 18.2 Å². The van der Waals surface area contributed by atoms with E-state index in [0.717, 1.165) is 12.1 Å². The number of ether oxygens (including phenoxy) is 1. The number of methoxy groups -OCH3 is 1. The summed E-state index contributed by atoms with van der Waals surface area (Å²) in [6, 6.07) is 2.49. The summed E-state index contributed by atoms with van der Waals surface area (Å²) >= 11 is 0. The van der Waals surface area contributed by atoms with E-state index in [1.165, 1.54) is 7.11 Å². The molecule has 1 aromatic carbocycles. The summed E-state index contributed by atoms with van der Waals surface area (Å²) in [5.74, 6) is -0.879. The zero-order chi connectivity index (χ0) is 11.5. The summed E-state index contributed by atoms with van der Waals surface area (Å²) in [6.07, 6.45) is -4.25. The zero-order valence-corrected chi connectivity index (χ0v) is 8.07. The highest BCUT2D eigenvalue weighted by Crippen LogP contribution is 2.30. The first-order chi connectivity index (χ1) is 6.93. The molecule has 0 heterocycles. The van der Waals surface area contributed by atoms with E-state index in [-0.39, 0.29) is 18.6 Å². The van der Waals surface area contributed by atoms with Crippen LogP contribution < -0.4 is 0 Å². The maximum atomic E-state index is 12.8. The van der Waals surface area contributed by atoms with E-state index in [4.69, 9.17) is 4.74 Å². The second kappa shape index (κ2) is 4.61. The normalized spacial score (nSPS) is 11.8. The Bertz CT molecular complexity index is 333. The fourth-order valence-corrected chi connectivity index (χ4v) is 1.18. The fourth-order valence-electron chi connectivity index (χ4n) is 1.18. The molecular formula is C10H10F4O. The SMILES string of the molecule is COCCc1cc(F)cc(C(F)(F)F)c1. The van der Waals surface area contributed by atoms with Gasteiger partial charge in [0.2, 0.25) is 0 Å². The second-order valence-electron chi connectivity index (χ2n) is 3.09. The smallest absolute Gasteiger partial charge is 0.384 e. The summed E-state index contributed by atoms with van der Waals surface area (Å²) in [7, 11) is 1.43. The molecular weight excluding hydrogens is 212 g/mol. The molecule has 0 radical (unpaired) electrons. The van der Waals surface area contributed by atoms with Gasteiger partial charge in [-0.15, -0.1) is 0 Å². The van der Waals surface area contributed by atoms with Crippen LogP contribution in [0.3, 0.4) is 0 Å². The van der Waals surface area contributed by atoms with E-state index >= 15 is 0 Å². The van der Waals surface area contributed by atoms with Crippen molar-refractivity contribution >= 4 is 0 Å². The topological polar surface area (TPSA) is 9.23 Å². The minimum absolute atomic E-state index is 0.261. The lowest BCUT2D eigenvalue weighted by Crippen LogP contribution is -2.07. The van der Waals surface area contributed by atoms with Gasteiger partial charge in [0.1, 0.15) is 5.82 Å². The molecule has 0 fully saturated rings.